The molecule has 1 saturated heterocycles. The first-order valence-corrected chi connectivity index (χ1v) is 7.82. The fraction of sp³-hybridized carbons (Fsp3) is 0.647. The maximum atomic E-state index is 3.73. The summed E-state index contributed by atoms with van der Waals surface area (Å²) in [4.78, 5) is 2.56. The van der Waals surface area contributed by atoms with Crippen LogP contribution in [0.5, 0.6) is 0 Å². The van der Waals surface area contributed by atoms with Crippen molar-refractivity contribution < 1.29 is 0 Å². The lowest BCUT2D eigenvalue weighted by Gasteiger charge is -2.33. The Kier molecular flexibility index (Phi) is 5.26. The van der Waals surface area contributed by atoms with Crippen LogP contribution in [0.25, 0.3) is 0 Å². The fourth-order valence-corrected chi connectivity index (χ4v) is 2.86. The van der Waals surface area contributed by atoms with Crippen molar-refractivity contribution in [2.45, 2.75) is 58.5 Å². The molecule has 2 atom stereocenters. The van der Waals surface area contributed by atoms with Gasteiger partial charge in [0.25, 0.3) is 0 Å². The van der Waals surface area contributed by atoms with Gasteiger partial charge in [-0.3, -0.25) is 0 Å². The Morgan fingerprint density at radius 1 is 1.11 bits per heavy atom. The summed E-state index contributed by atoms with van der Waals surface area (Å²) in [5, 5.41) is 3.73. The molecule has 0 aliphatic carbocycles. The van der Waals surface area contributed by atoms with Crippen LogP contribution in [0.2, 0.25) is 0 Å². The number of hydrogen-bond donors (Lipinski definition) is 1. The van der Waals surface area contributed by atoms with Gasteiger partial charge in [-0.05, 0) is 50.3 Å². The lowest BCUT2D eigenvalue weighted by Crippen LogP contribution is -2.44. The Balaban J connectivity index is 2.04. The molecule has 0 amide bonds. The molecule has 0 radical (unpaired) electrons. The van der Waals surface area contributed by atoms with E-state index in [2.05, 4.69) is 55.3 Å². The zero-order valence-corrected chi connectivity index (χ0v) is 12.7. The molecule has 1 heterocycles. The molecule has 2 unspecified atom stereocenters. The lowest BCUT2D eigenvalue weighted by atomic mass is 10.0. The number of nitrogens with zero attached hydrogens (tertiary/aromatic N) is 1. The second-order valence-corrected chi connectivity index (χ2v) is 5.76. The van der Waals surface area contributed by atoms with Gasteiger partial charge in [-0.2, -0.15) is 0 Å². The third-order valence-electron chi connectivity index (χ3n) is 4.30. The lowest BCUT2D eigenvalue weighted by molar-refractivity contribution is 0.378. The molecule has 1 N–H and O–H groups in total. The Morgan fingerprint density at radius 2 is 1.79 bits per heavy atom. The van der Waals surface area contributed by atoms with E-state index in [1.54, 1.807) is 0 Å². The van der Waals surface area contributed by atoms with E-state index in [9.17, 15) is 0 Å². The maximum Gasteiger partial charge on any atom is 0.0366 e. The highest BCUT2D eigenvalue weighted by Crippen LogP contribution is 2.19. The molecule has 2 heteroatoms. The van der Waals surface area contributed by atoms with E-state index in [-0.39, 0.29) is 0 Å². The maximum absolute atomic E-state index is 3.73. The summed E-state index contributed by atoms with van der Waals surface area (Å²) in [5.41, 5.74) is 2.82. The minimum Gasteiger partial charge on any atom is -0.371 e. The van der Waals surface area contributed by atoms with Crippen molar-refractivity contribution in [3.05, 3.63) is 29.8 Å². The van der Waals surface area contributed by atoms with Crippen molar-refractivity contribution >= 4 is 5.69 Å². The van der Waals surface area contributed by atoms with Crippen molar-refractivity contribution in [1.29, 1.82) is 0 Å². The highest BCUT2D eigenvalue weighted by atomic mass is 15.1. The number of nitrogens with one attached hydrogen (secondary N) is 1. The number of aryl methyl sites for hydroxylation is 1. The average Bonchev–Trinajstić information content (AvgIpc) is 2.43. The van der Waals surface area contributed by atoms with Crippen molar-refractivity contribution in [3.63, 3.8) is 0 Å². The van der Waals surface area contributed by atoms with E-state index in [1.165, 1.54) is 37.1 Å². The monoisotopic (exact) mass is 260 g/mol. The molecule has 2 nitrogen and oxygen atoms in total. The first-order chi connectivity index (χ1) is 9.22. The normalized spacial score (nSPS) is 24.9. The zero-order chi connectivity index (χ0) is 13.7. The van der Waals surface area contributed by atoms with Gasteiger partial charge in [-0.1, -0.05) is 26.0 Å². The SMILES string of the molecule is CCc1ccc(N2CCC(C)NC(CC)CC2)cc1. The average molecular weight is 260 g/mol. The van der Waals surface area contributed by atoms with E-state index in [0.29, 0.717) is 12.1 Å². The van der Waals surface area contributed by atoms with Crippen LogP contribution in [0.1, 0.15) is 45.6 Å². The first-order valence-electron chi connectivity index (χ1n) is 7.82. The predicted molar refractivity (Wildman–Crippen MR) is 83.9 cm³/mol. The number of hydrogen-bond acceptors (Lipinski definition) is 2. The van der Waals surface area contributed by atoms with Crippen LogP contribution in [0.3, 0.4) is 0 Å². The van der Waals surface area contributed by atoms with Crippen LogP contribution in [0.15, 0.2) is 24.3 Å². The van der Waals surface area contributed by atoms with Crippen molar-refractivity contribution in [2.24, 2.45) is 0 Å². The molecule has 1 aromatic carbocycles. The van der Waals surface area contributed by atoms with Gasteiger partial charge in [0.15, 0.2) is 0 Å². The summed E-state index contributed by atoms with van der Waals surface area (Å²) in [6, 6.07) is 10.4. The highest BCUT2D eigenvalue weighted by molar-refractivity contribution is 5.47. The zero-order valence-electron chi connectivity index (χ0n) is 12.7. The standard InChI is InChI=1S/C17H28N2/c1-4-15-6-8-17(9-7-15)19-12-10-14(3)18-16(5-2)11-13-19/h6-9,14,16,18H,4-5,10-13H2,1-3H3. The van der Waals surface area contributed by atoms with Gasteiger partial charge < -0.3 is 10.2 Å². The first kappa shape index (κ1) is 14.4. The number of anilines is 1. The van der Waals surface area contributed by atoms with Gasteiger partial charge in [-0.15, -0.1) is 0 Å². The van der Waals surface area contributed by atoms with Crippen LogP contribution in [0, 0.1) is 0 Å². The molecular formula is C17H28N2. The number of rotatable bonds is 3. The fourth-order valence-electron chi connectivity index (χ4n) is 2.86. The van der Waals surface area contributed by atoms with Gasteiger partial charge in [0, 0.05) is 30.9 Å². The minimum atomic E-state index is 0.627. The third kappa shape index (κ3) is 3.97. The molecule has 2 rings (SSSR count). The summed E-state index contributed by atoms with van der Waals surface area (Å²) in [5.74, 6) is 0. The van der Waals surface area contributed by atoms with E-state index < -0.39 is 0 Å². The Labute approximate surface area is 118 Å². The largest absolute Gasteiger partial charge is 0.371 e. The van der Waals surface area contributed by atoms with Crippen LogP contribution >= 0.6 is 0 Å². The van der Waals surface area contributed by atoms with Crippen LogP contribution in [0.4, 0.5) is 5.69 Å². The molecule has 0 aromatic heterocycles. The summed E-state index contributed by atoms with van der Waals surface area (Å²) in [6.07, 6.45) is 4.83. The minimum absolute atomic E-state index is 0.627. The Hall–Kier alpha value is -1.02. The summed E-state index contributed by atoms with van der Waals surface area (Å²) < 4.78 is 0. The Bertz CT molecular complexity index is 371. The van der Waals surface area contributed by atoms with Gasteiger partial charge in [-0.25, -0.2) is 0 Å². The molecule has 1 aliphatic heterocycles. The topological polar surface area (TPSA) is 15.3 Å². The molecule has 0 saturated carbocycles. The predicted octanol–water partition coefficient (Wildman–Crippen LogP) is 3.61. The molecule has 106 valence electrons. The van der Waals surface area contributed by atoms with Gasteiger partial charge in [0.05, 0.1) is 0 Å². The van der Waals surface area contributed by atoms with Crippen molar-refractivity contribution in [1.82, 2.24) is 5.32 Å². The van der Waals surface area contributed by atoms with Crippen LogP contribution in [-0.4, -0.2) is 25.2 Å². The molecule has 0 spiro atoms. The third-order valence-corrected chi connectivity index (χ3v) is 4.30. The van der Waals surface area contributed by atoms with Gasteiger partial charge >= 0.3 is 0 Å². The molecule has 0 bridgehead atoms. The van der Waals surface area contributed by atoms with Crippen molar-refractivity contribution in [3.8, 4) is 0 Å². The second kappa shape index (κ2) is 6.95. The van der Waals surface area contributed by atoms with E-state index in [4.69, 9.17) is 0 Å². The molecule has 19 heavy (non-hydrogen) atoms. The Morgan fingerprint density at radius 3 is 2.42 bits per heavy atom. The second-order valence-electron chi connectivity index (χ2n) is 5.76. The van der Waals surface area contributed by atoms with Gasteiger partial charge in [0.1, 0.15) is 0 Å². The summed E-state index contributed by atoms with van der Waals surface area (Å²) in [7, 11) is 0. The summed E-state index contributed by atoms with van der Waals surface area (Å²) >= 11 is 0. The van der Waals surface area contributed by atoms with Gasteiger partial charge in [0.2, 0.25) is 0 Å². The molecule has 1 aliphatic rings. The smallest absolute Gasteiger partial charge is 0.0366 e. The molecular weight excluding hydrogens is 232 g/mol. The van der Waals surface area contributed by atoms with Crippen LogP contribution < -0.4 is 10.2 Å². The van der Waals surface area contributed by atoms with Crippen LogP contribution in [-0.2, 0) is 6.42 Å². The van der Waals surface area contributed by atoms with E-state index >= 15 is 0 Å². The quantitative estimate of drug-likeness (QED) is 0.893. The van der Waals surface area contributed by atoms with E-state index in [0.717, 1.165) is 13.0 Å². The highest BCUT2D eigenvalue weighted by Gasteiger charge is 2.17. The number of benzene rings is 1. The van der Waals surface area contributed by atoms with Crippen molar-refractivity contribution in [2.75, 3.05) is 18.0 Å². The molecule has 1 aromatic rings. The molecule has 1 fully saturated rings. The summed E-state index contributed by atoms with van der Waals surface area (Å²) in [6.45, 7) is 9.14. The van der Waals surface area contributed by atoms with E-state index in [1.807, 2.05) is 0 Å².